The zero-order valence-corrected chi connectivity index (χ0v) is 14.6. The number of ether oxygens (including phenoxy) is 1. The molecule has 1 aromatic carbocycles. The smallest absolute Gasteiger partial charge is 0.251 e. The van der Waals surface area contributed by atoms with Crippen molar-refractivity contribution in [3.8, 4) is 11.6 Å². The number of hydrogen-bond donors (Lipinski definition) is 1. The lowest BCUT2D eigenvalue weighted by molar-refractivity contribution is 0.0932. The van der Waals surface area contributed by atoms with Crippen molar-refractivity contribution in [2.45, 2.75) is 25.3 Å². The van der Waals surface area contributed by atoms with Crippen molar-refractivity contribution in [1.82, 2.24) is 20.1 Å². The number of aromatic nitrogens is 3. The first kappa shape index (κ1) is 16.3. The van der Waals surface area contributed by atoms with E-state index in [0.717, 1.165) is 36.3 Å². The van der Waals surface area contributed by atoms with Gasteiger partial charge in [-0.2, -0.15) is 5.10 Å². The number of carbonyl (C=O) groups is 1. The molecule has 0 unspecified atom stereocenters. The van der Waals surface area contributed by atoms with Gasteiger partial charge in [-0.3, -0.25) is 4.79 Å². The molecule has 1 atom stereocenters. The van der Waals surface area contributed by atoms with Gasteiger partial charge in [-0.15, -0.1) is 0 Å². The Kier molecular flexibility index (Phi) is 4.39. The van der Waals surface area contributed by atoms with Crippen molar-refractivity contribution in [2.75, 3.05) is 7.11 Å². The third kappa shape index (κ3) is 3.06. The molecule has 26 heavy (non-hydrogen) atoms. The second-order valence-electron chi connectivity index (χ2n) is 6.30. The van der Waals surface area contributed by atoms with Crippen LogP contribution in [0.25, 0.3) is 5.82 Å². The second kappa shape index (κ2) is 7.00. The lowest BCUT2D eigenvalue weighted by Crippen LogP contribution is -2.31. The predicted octanol–water partition coefficient (Wildman–Crippen LogP) is 3.08. The Morgan fingerprint density at radius 2 is 2.19 bits per heavy atom. The summed E-state index contributed by atoms with van der Waals surface area (Å²) in [5.74, 6) is 1.37. The van der Waals surface area contributed by atoms with Crippen molar-refractivity contribution < 1.29 is 9.53 Å². The van der Waals surface area contributed by atoms with Gasteiger partial charge < -0.3 is 10.1 Å². The molecule has 1 aliphatic rings. The number of benzene rings is 1. The summed E-state index contributed by atoms with van der Waals surface area (Å²) < 4.78 is 7.08. The number of amides is 1. The molecular formula is C20H20N4O2. The highest BCUT2D eigenvalue weighted by molar-refractivity contribution is 5.94. The maximum absolute atomic E-state index is 12.7. The minimum absolute atomic E-state index is 0.0464. The number of pyridine rings is 1. The van der Waals surface area contributed by atoms with Gasteiger partial charge in [-0.05, 0) is 49.6 Å². The van der Waals surface area contributed by atoms with Crippen LogP contribution in [0.3, 0.4) is 0 Å². The van der Waals surface area contributed by atoms with Gasteiger partial charge in [0.1, 0.15) is 5.75 Å². The standard InChI is InChI=1S/C20H20N4O2/c1-26-15-7-4-6-14(12-15)20(25)23-17-8-5-9-18-16(17)13-22-24(18)19-10-2-3-11-21-19/h2-4,6-7,10-13,17H,5,8-9H2,1H3,(H,23,25)/t17-/m0/s1. The second-order valence-corrected chi connectivity index (χ2v) is 6.30. The minimum atomic E-state index is -0.104. The van der Waals surface area contributed by atoms with Crippen LogP contribution >= 0.6 is 0 Å². The van der Waals surface area contributed by atoms with E-state index in [1.807, 2.05) is 41.2 Å². The zero-order valence-electron chi connectivity index (χ0n) is 14.6. The van der Waals surface area contributed by atoms with Crippen LogP contribution in [0.4, 0.5) is 0 Å². The van der Waals surface area contributed by atoms with E-state index in [4.69, 9.17) is 4.74 Å². The summed E-state index contributed by atoms with van der Waals surface area (Å²) in [5, 5.41) is 7.65. The highest BCUT2D eigenvalue weighted by atomic mass is 16.5. The summed E-state index contributed by atoms with van der Waals surface area (Å²) in [6, 6.07) is 12.9. The number of nitrogens with zero attached hydrogens (tertiary/aromatic N) is 3. The molecule has 0 bridgehead atoms. The largest absolute Gasteiger partial charge is 0.497 e. The molecule has 0 radical (unpaired) electrons. The summed E-state index contributed by atoms with van der Waals surface area (Å²) in [6.07, 6.45) is 6.43. The number of fused-ring (bicyclic) bond motifs is 1. The quantitative estimate of drug-likeness (QED) is 0.787. The maximum atomic E-state index is 12.7. The molecule has 0 saturated carbocycles. The van der Waals surface area contributed by atoms with Gasteiger partial charge in [0.15, 0.2) is 5.82 Å². The Balaban J connectivity index is 1.59. The monoisotopic (exact) mass is 348 g/mol. The minimum Gasteiger partial charge on any atom is -0.497 e. The predicted molar refractivity (Wildman–Crippen MR) is 97.5 cm³/mol. The Labute approximate surface area is 151 Å². The van der Waals surface area contributed by atoms with Gasteiger partial charge in [0.25, 0.3) is 5.91 Å². The van der Waals surface area contributed by atoms with Crippen LogP contribution in [-0.4, -0.2) is 27.8 Å². The van der Waals surface area contributed by atoms with Crippen molar-refractivity contribution in [3.63, 3.8) is 0 Å². The molecule has 6 heteroatoms. The number of nitrogens with one attached hydrogen (secondary N) is 1. The summed E-state index contributed by atoms with van der Waals surface area (Å²) >= 11 is 0. The fraction of sp³-hybridized carbons (Fsp3) is 0.250. The number of methoxy groups -OCH3 is 1. The molecule has 1 N–H and O–H groups in total. The fourth-order valence-corrected chi connectivity index (χ4v) is 3.39. The topological polar surface area (TPSA) is 69.0 Å². The van der Waals surface area contributed by atoms with Crippen LogP contribution < -0.4 is 10.1 Å². The number of rotatable bonds is 4. The van der Waals surface area contributed by atoms with Gasteiger partial charge in [0.2, 0.25) is 0 Å². The molecule has 6 nitrogen and oxygen atoms in total. The van der Waals surface area contributed by atoms with E-state index < -0.39 is 0 Å². The van der Waals surface area contributed by atoms with Crippen LogP contribution in [0.15, 0.2) is 54.9 Å². The van der Waals surface area contributed by atoms with Gasteiger partial charge in [0.05, 0.1) is 25.0 Å². The molecule has 2 heterocycles. The molecule has 132 valence electrons. The van der Waals surface area contributed by atoms with E-state index in [1.165, 1.54) is 0 Å². The van der Waals surface area contributed by atoms with Crippen molar-refractivity contribution in [1.29, 1.82) is 0 Å². The zero-order chi connectivity index (χ0) is 17.9. The van der Waals surface area contributed by atoms with Crippen molar-refractivity contribution >= 4 is 5.91 Å². The average Bonchev–Trinajstić information content (AvgIpc) is 3.14. The van der Waals surface area contributed by atoms with Crippen LogP contribution in [0.1, 0.15) is 40.5 Å². The van der Waals surface area contributed by atoms with E-state index in [0.29, 0.717) is 11.3 Å². The summed E-state index contributed by atoms with van der Waals surface area (Å²) in [4.78, 5) is 17.0. The lowest BCUT2D eigenvalue weighted by Gasteiger charge is -2.24. The third-order valence-corrected chi connectivity index (χ3v) is 4.69. The van der Waals surface area contributed by atoms with Gasteiger partial charge in [0, 0.05) is 17.3 Å². The molecule has 0 fully saturated rings. The summed E-state index contributed by atoms with van der Waals surface area (Å²) in [5.41, 5.74) is 2.78. The summed E-state index contributed by atoms with van der Waals surface area (Å²) in [6.45, 7) is 0. The van der Waals surface area contributed by atoms with Crippen molar-refractivity contribution in [2.24, 2.45) is 0 Å². The van der Waals surface area contributed by atoms with Crippen LogP contribution in [-0.2, 0) is 6.42 Å². The molecule has 1 aliphatic carbocycles. The Morgan fingerprint density at radius 1 is 1.27 bits per heavy atom. The molecular weight excluding hydrogens is 328 g/mol. The molecule has 4 rings (SSSR count). The molecule has 0 spiro atoms. The van der Waals surface area contributed by atoms with Crippen molar-refractivity contribution in [3.05, 3.63) is 71.7 Å². The normalized spacial score (nSPS) is 16.0. The fourth-order valence-electron chi connectivity index (χ4n) is 3.39. The summed E-state index contributed by atoms with van der Waals surface area (Å²) in [7, 11) is 1.59. The first-order valence-electron chi connectivity index (χ1n) is 8.69. The average molecular weight is 348 g/mol. The van der Waals surface area contributed by atoms with Crippen LogP contribution in [0.5, 0.6) is 5.75 Å². The van der Waals surface area contributed by atoms with Crippen LogP contribution in [0.2, 0.25) is 0 Å². The Morgan fingerprint density at radius 3 is 3.00 bits per heavy atom. The Bertz CT molecular complexity index is 921. The molecule has 1 amide bonds. The van der Waals surface area contributed by atoms with Crippen LogP contribution in [0, 0.1) is 0 Å². The highest BCUT2D eigenvalue weighted by Gasteiger charge is 2.26. The highest BCUT2D eigenvalue weighted by Crippen LogP contribution is 2.31. The molecule has 3 aromatic rings. The van der Waals surface area contributed by atoms with Gasteiger partial charge in [-0.1, -0.05) is 12.1 Å². The first-order chi connectivity index (χ1) is 12.8. The SMILES string of the molecule is COc1cccc(C(=O)N[C@H]2CCCc3c2cnn3-c2ccccn2)c1. The van der Waals surface area contributed by atoms with Gasteiger partial charge in [-0.25, -0.2) is 9.67 Å². The van der Waals surface area contributed by atoms with E-state index in [9.17, 15) is 4.79 Å². The van der Waals surface area contributed by atoms with E-state index >= 15 is 0 Å². The van der Waals surface area contributed by atoms with E-state index in [1.54, 1.807) is 25.4 Å². The van der Waals surface area contributed by atoms with E-state index in [2.05, 4.69) is 15.4 Å². The molecule has 0 aliphatic heterocycles. The number of hydrogen-bond acceptors (Lipinski definition) is 4. The third-order valence-electron chi connectivity index (χ3n) is 4.69. The lowest BCUT2D eigenvalue weighted by atomic mass is 9.92. The number of carbonyl (C=O) groups excluding carboxylic acids is 1. The van der Waals surface area contributed by atoms with E-state index in [-0.39, 0.29) is 11.9 Å². The van der Waals surface area contributed by atoms with Gasteiger partial charge >= 0.3 is 0 Å². The Hall–Kier alpha value is -3.15. The molecule has 0 saturated heterocycles. The first-order valence-corrected chi connectivity index (χ1v) is 8.69. The molecule has 2 aromatic heterocycles. The maximum Gasteiger partial charge on any atom is 0.251 e.